The predicted molar refractivity (Wildman–Crippen MR) is 88.0 cm³/mol. The summed E-state index contributed by atoms with van der Waals surface area (Å²) in [5.41, 5.74) is 2.90. The van der Waals surface area contributed by atoms with Gasteiger partial charge in [-0.1, -0.05) is 30.3 Å². The average molecular weight is 298 g/mol. The summed E-state index contributed by atoms with van der Waals surface area (Å²) < 4.78 is 10.5. The van der Waals surface area contributed by atoms with Gasteiger partial charge in [0.2, 0.25) is 0 Å². The first-order valence-corrected chi connectivity index (χ1v) is 7.45. The van der Waals surface area contributed by atoms with Gasteiger partial charge in [0.15, 0.2) is 17.3 Å². The van der Waals surface area contributed by atoms with Gasteiger partial charge in [-0.25, -0.2) is 0 Å². The van der Waals surface area contributed by atoms with Crippen LogP contribution in [0.4, 0.5) is 0 Å². The Morgan fingerprint density at radius 2 is 1.64 bits per heavy atom. The summed E-state index contributed by atoms with van der Waals surface area (Å²) in [6.45, 7) is 1.92. The minimum atomic E-state index is 0.148. The second-order valence-electron chi connectivity index (χ2n) is 5.28. The number of carbonyl (C=O) groups excluding carboxylic acids is 1. The number of hydrogen-bond donors (Lipinski definition) is 0. The van der Waals surface area contributed by atoms with Crippen LogP contribution in [0, 0.1) is 6.92 Å². The zero-order valence-electron chi connectivity index (χ0n) is 13.4. The highest BCUT2D eigenvalue weighted by Gasteiger charge is 2.14. The zero-order chi connectivity index (χ0) is 15.9. The molecule has 0 fully saturated rings. The Labute approximate surface area is 131 Å². The summed E-state index contributed by atoms with van der Waals surface area (Å²) in [6, 6.07) is 13.9. The first-order chi connectivity index (χ1) is 10.7. The minimum absolute atomic E-state index is 0.148. The van der Waals surface area contributed by atoms with Crippen molar-refractivity contribution in [3.8, 4) is 11.5 Å². The van der Waals surface area contributed by atoms with Crippen molar-refractivity contribution in [2.24, 2.45) is 0 Å². The number of methoxy groups -OCH3 is 2. The normalized spacial score (nSPS) is 10.3. The van der Waals surface area contributed by atoms with E-state index in [1.165, 1.54) is 5.56 Å². The van der Waals surface area contributed by atoms with E-state index in [0.29, 0.717) is 23.5 Å². The molecule has 0 aromatic heterocycles. The molecule has 0 radical (unpaired) electrons. The van der Waals surface area contributed by atoms with Crippen LogP contribution in [0.15, 0.2) is 42.5 Å². The largest absolute Gasteiger partial charge is 0.493 e. The van der Waals surface area contributed by atoms with Crippen LogP contribution in [0.5, 0.6) is 11.5 Å². The number of Topliss-reactive ketones (excluding diaryl/α,β-unsaturated/α-hetero) is 1. The Bertz CT molecular complexity index is 633. The quantitative estimate of drug-likeness (QED) is 0.718. The van der Waals surface area contributed by atoms with Gasteiger partial charge in [-0.15, -0.1) is 0 Å². The Morgan fingerprint density at radius 1 is 1.00 bits per heavy atom. The smallest absolute Gasteiger partial charge is 0.163 e. The lowest BCUT2D eigenvalue weighted by molar-refractivity contribution is 0.0979. The van der Waals surface area contributed by atoms with Gasteiger partial charge >= 0.3 is 0 Å². The molecular weight excluding hydrogens is 276 g/mol. The van der Waals surface area contributed by atoms with E-state index in [1.54, 1.807) is 20.3 Å². The summed E-state index contributed by atoms with van der Waals surface area (Å²) in [7, 11) is 3.18. The van der Waals surface area contributed by atoms with Crippen molar-refractivity contribution < 1.29 is 14.3 Å². The Hall–Kier alpha value is -2.29. The van der Waals surface area contributed by atoms with Gasteiger partial charge < -0.3 is 9.47 Å². The molecule has 0 aliphatic rings. The molecule has 2 aromatic carbocycles. The first kappa shape index (κ1) is 16.1. The lowest BCUT2D eigenvalue weighted by atomic mass is 9.98. The molecular formula is C19H22O3. The number of aryl methyl sites for hydroxylation is 2. The highest BCUT2D eigenvalue weighted by Crippen LogP contribution is 2.31. The maximum atomic E-state index is 12.4. The third-order valence-electron chi connectivity index (χ3n) is 3.74. The molecule has 0 N–H and O–H groups in total. The van der Waals surface area contributed by atoms with Crippen molar-refractivity contribution in [2.45, 2.75) is 26.2 Å². The standard InChI is InChI=1S/C19H22O3/c1-14-12-18(21-2)19(22-3)13-16(14)17(20)11-7-10-15-8-5-4-6-9-15/h4-6,8-9,12-13H,7,10-11H2,1-3H3. The van der Waals surface area contributed by atoms with E-state index in [2.05, 4.69) is 12.1 Å². The van der Waals surface area contributed by atoms with Gasteiger partial charge in [-0.2, -0.15) is 0 Å². The van der Waals surface area contributed by atoms with Gasteiger partial charge in [-0.3, -0.25) is 4.79 Å². The SMILES string of the molecule is COc1cc(C)c(C(=O)CCCc2ccccc2)cc1OC. The van der Waals surface area contributed by atoms with E-state index in [4.69, 9.17) is 9.47 Å². The van der Waals surface area contributed by atoms with Crippen LogP contribution in [0.2, 0.25) is 0 Å². The Kier molecular flexibility index (Phi) is 5.59. The van der Waals surface area contributed by atoms with Crippen molar-refractivity contribution >= 4 is 5.78 Å². The highest BCUT2D eigenvalue weighted by molar-refractivity contribution is 5.98. The third kappa shape index (κ3) is 3.88. The monoisotopic (exact) mass is 298 g/mol. The molecule has 0 spiro atoms. The van der Waals surface area contributed by atoms with Crippen molar-refractivity contribution in [1.82, 2.24) is 0 Å². The van der Waals surface area contributed by atoms with E-state index in [0.717, 1.165) is 18.4 Å². The summed E-state index contributed by atoms with van der Waals surface area (Å²) in [5, 5.41) is 0. The van der Waals surface area contributed by atoms with E-state index in [1.807, 2.05) is 31.2 Å². The second kappa shape index (κ2) is 7.64. The number of benzene rings is 2. The number of carbonyl (C=O) groups is 1. The van der Waals surface area contributed by atoms with Crippen LogP contribution in [0.1, 0.15) is 34.3 Å². The summed E-state index contributed by atoms with van der Waals surface area (Å²) >= 11 is 0. The third-order valence-corrected chi connectivity index (χ3v) is 3.74. The van der Waals surface area contributed by atoms with Crippen LogP contribution in [0.25, 0.3) is 0 Å². The van der Waals surface area contributed by atoms with Gasteiger partial charge in [0.1, 0.15) is 0 Å². The average Bonchev–Trinajstić information content (AvgIpc) is 2.55. The molecule has 3 heteroatoms. The maximum Gasteiger partial charge on any atom is 0.163 e. The molecule has 0 aliphatic carbocycles. The van der Waals surface area contributed by atoms with Crippen molar-refractivity contribution in [3.05, 3.63) is 59.2 Å². The molecule has 0 aliphatic heterocycles. The maximum absolute atomic E-state index is 12.4. The molecule has 2 rings (SSSR count). The van der Waals surface area contributed by atoms with Crippen molar-refractivity contribution in [2.75, 3.05) is 14.2 Å². The highest BCUT2D eigenvalue weighted by atomic mass is 16.5. The topological polar surface area (TPSA) is 35.5 Å². The van der Waals surface area contributed by atoms with Crippen molar-refractivity contribution in [1.29, 1.82) is 0 Å². The first-order valence-electron chi connectivity index (χ1n) is 7.45. The van der Waals surface area contributed by atoms with Crippen LogP contribution < -0.4 is 9.47 Å². The lowest BCUT2D eigenvalue weighted by Crippen LogP contribution is -2.04. The van der Waals surface area contributed by atoms with E-state index >= 15 is 0 Å². The molecule has 0 amide bonds. The molecule has 0 heterocycles. The minimum Gasteiger partial charge on any atom is -0.493 e. The summed E-state index contributed by atoms with van der Waals surface area (Å²) in [6.07, 6.45) is 2.29. The van der Waals surface area contributed by atoms with E-state index in [9.17, 15) is 4.79 Å². The zero-order valence-corrected chi connectivity index (χ0v) is 13.4. The van der Waals surface area contributed by atoms with E-state index < -0.39 is 0 Å². The Balaban J connectivity index is 2.03. The van der Waals surface area contributed by atoms with Crippen LogP contribution in [-0.2, 0) is 6.42 Å². The molecule has 0 unspecified atom stereocenters. The molecule has 0 bridgehead atoms. The molecule has 116 valence electrons. The number of rotatable bonds is 7. The lowest BCUT2D eigenvalue weighted by Gasteiger charge is -2.12. The number of ether oxygens (including phenoxy) is 2. The second-order valence-corrected chi connectivity index (χ2v) is 5.28. The molecule has 22 heavy (non-hydrogen) atoms. The fraction of sp³-hybridized carbons (Fsp3) is 0.316. The summed E-state index contributed by atoms with van der Waals surface area (Å²) in [5.74, 6) is 1.40. The van der Waals surface area contributed by atoms with Gasteiger partial charge in [0.25, 0.3) is 0 Å². The molecule has 0 atom stereocenters. The molecule has 2 aromatic rings. The van der Waals surface area contributed by atoms with Crippen LogP contribution in [-0.4, -0.2) is 20.0 Å². The van der Waals surface area contributed by atoms with Crippen molar-refractivity contribution in [3.63, 3.8) is 0 Å². The molecule has 0 saturated carbocycles. The molecule has 0 saturated heterocycles. The summed E-state index contributed by atoms with van der Waals surface area (Å²) in [4.78, 5) is 12.4. The van der Waals surface area contributed by atoms with E-state index in [-0.39, 0.29) is 5.78 Å². The fourth-order valence-corrected chi connectivity index (χ4v) is 2.51. The predicted octanol–water partition coefficient (Wildman–Crippen LogP) is 4.22. The van der Waals surface area contributed by atoms with Crippen LogP contribution >= 0.6 is 0 Å². The molecule has 3 nitrogen and oxygen atoms in total. The van der Waals surface area contributed by atoms with Gasteiger partial charge in [0.05, 0.1) is 14.2 Å². The number of ketones is 1. The van der Waals surface area contributed by atoms with Gasteiger partial charge in [0, 0.05) is 12.0 Å². The fourth-order valence-electron chi connectivity index (χ4n) is 2.51. The number of hydrogen-bond acceptors (Lipinski definition) is 3. The Morgan fingerprint density at radius 3 is 2.27 bits per heavy atom. The van der Waals surface area contributed by atoms with Crippen LogP contribution in [0.3, 0.4) is 0 Å². The van der Waals surface area contributed by atoms with Gasteiger partial charge in [-0.05, 0) is 43.0 Å².